The van der Waals surface area contributed by atoms with Gasteiger partial charge in [-0.25, -0.2) is 19.6 Å². The highest BCUT2D eigenvalue weighted by Crippen LogP contribution is 2.23. The molecule has 36 heavy (non-hydrogen) atoms. The van der Waals surface area contributed by atoms with Crippen LogP contribution in [0.25, 0.3) is 11.1 Å². The third kappa shape index (κ3) is 6.47. The van der Waals surface area contributed by atoms with Crippen LogP contribution in [0.1, 0.15) is 28.8 Å². The van der Waals surface area contributed by atoms with E-state index in [-0.39, 0.29) is 18.1 Å². The Balaban J connectivity index is 1.31. The molecule has 0 unspecified atom stereocenters. The second-order valence-electron chi connectivity index (χ2n) is 8.46. The predicted octanol–water partition coefficient (Wildman–Crippen LogP) is 2.41. The van der Waals surface area contributed by atoms with Crippen LogP contribution in [0.2, 0.25) is 0 Å². The summed E-state index contributed by atoms with van der Waals surface area (Å²) in [5.41, 5.74) is 14.3. The van der Waals surface area contributed by atoms with Crippen molar-refractivity contribution in [2.24, 2.45) is 16.5 Å². The molecule has 0 saturated carbocycles. The quantitative estimate of drug-likeness (QED) is 0.247. The van der Waals surface area contributed by atoms with Crippen molar-refractivity contribution in [3.8, 4) is 11.1 Å². The van der Waals surface area contributed by atoms with Crippen molar-refractivity contribution in [3.63, 3.8) is 0 Å². The zero-order valence-electron chi connectivity index (χ0n) is 19.6. The first-order chi connectivity index (χ1) is 17.4. The Morgan fingerprint density at radius 3 is 2.36 bits per heavy atom. The van der Waals surface area contributed by atoms with Gasteiger partial charge in [-0.1, -0.05) is 18.2 Å². The number of rotatable bonds is 7. The highest BCUT2D eigenvalue weighted by Gasteiger charge is 2.21. The monoisotopic (exact) mass is 488 g/mol. The van der Waals surface area contributed by atoms with E-state index in [0.717, 1.165) is 48.3 Å². The number of urea groups is 1. The number of piperidine rings is 1. The number of amides is 2. The fourth-order valence-electron chi connectivity index (χ4n) is 4.00. The Bertz CT molecular complexity index is 1230. The zero-order chi connectivity index (χ0) is 25.5. The lowest BCUT2D eigenvalue weighted by Gasteiger charge is -2.32. The van der Waals surface area contributed by atoms with Gasteiger partial charge in [0.15, 0.2) is 5.96 Å². The number of carbonyl (C=O) groups excluding carboxylic acids is 1. The topological polar surface area (TPSA) is 172 Å². The molecule has 1 aliphatic rings. The Kier molecular flexibility index (Phi) is 7.59. The summed E-state index contributed by atoms with van der Waals surface area (Å²) in [4.78, 5) is 37.4. The van der Waals surface area contributed by atoms with Gasteiger partial charge in [0.05, 0.1) is 5.56 Å². The number of hydrogen-bond acceptors (Lipinski definition) is 6. The molecule has 2 aromatic carbocycles. The van der Waals surface area contributed by atoms with Crippen molar-refractivity contribution < 1.29 is 14.7 Å². The summed E-state index contributed by atoms with van der Waals surface area (Å²) < 4.78 is 0. The van der Waals surface area contributed by atoms with E-state index in [2.05, 4.69) is 30.5 Å². The van der Waals surface area contributed by atoms with Crippen LogP contribution in [-0.4, -0.2) is 52.2 Å². The summed E-state index contributed by atoms with van der Waals surface area (Å²) in [5.74, 6) is -0.531. The van der Waals surface area contributed by atoms with E-state index in [4.69, 9.17) is 16.6 Å². The van der Waals surface area contributed by atoms with E-state index in [1.165, 1.54) is 0 Å². The first-order valence-corrected chi connectivity index (χ1v) is 11.5. The van der Waals surface area contributed by atoms with Gasteiger partial charge in [-0.3, -0.25) is 0 Å². The van der Waals surface area contributed by atoms with Gasteiger partial charge in [0, 0.05) is 49.3 Å². The van der Waals surface area contributed by atoms with Gasteiger partial charge >= 0.3 is 12.0 Å². The maximum Gasteiger partial charge on any atom is 0.344 e. The van der Waals surface area contributed by atoms with Crippen molar-refractivity contribution in [3.05, 3.63) is 72.1 Å². The molecule has 0 atom stereocenters. The number of aromatic nitrogens is 2. The standard InChI is InChI=1S/C25H28N8O3/c26-23(27)32-25(36)30-13-16-2-1-3-18(12-16)19-14-28-24(29-15-19)33-10-8-21(9-11-33)31-20-6-4-17(5-7-20)22(34)35/h1-7,12,14-15,21,31H,8-11,13H2,(H,34,35)(H5,26,27,30,32,36). The number of nitrogens with one attached hydrogen (secondary N) is 2. The second kappa shape index (κ2) is 11.2. The molecule has 4 rings (SSSR count). The molecule has 2 heterocycles. The number of anilines is 2. The lowest BCUT2D eigenvalue weighted by Crippen LogP contribution is -2.39. The van der Waals surface area contributed by atoms with Crippen LogP contribution >= 0.6 is 0 Å². The molecular weight excluding hydrogens is 460 g/mol. The lowest BCUT2D eigenvalue weighted by molar-refractivity contribution is 0.0697. The van der Waals surface area contributed by atoms with Crippen LogP contribution in [0.5, 0.6) is 0 Å². The van der Waals surface area contributed by atoms with E-state index >= 15 is 0 Å². The summed E-state index contributed by atoms with van der Waals surface area (Å²) in [6, 6.07) is 14.2. The Labute approximate surface area is 208 Å². The minimum atomic E-state index is -0.929. The summed E-state index contributed by atoms with van der Waals surface area (Å²) in [5, 5.41) is 15.1. The van der Waals surface area contributed by atoms with Crippen LogP contribution in [0, 0.1) is 0 Å². The summed E-state index contributed by atoms with van der Waals surface area (Å²) in [6.45, 7) is 1.92. The average molecular weight is 489 g/mol. The van der Waals surface area contributed by atoms with E-state index in [0.29, 0.717) is 12.0 Å². The zero-order valence-corrected chi connectivity index (χ0v) is 19.6. The normalized spacial score (nSPS) is 13.6. The van der Waals surface area contributed by atoms with Crippen LogP contribution in [0.4, 0.5) is 16.4 Å². The number of aromatic carboxylic acids is 1. The number of nitrogens with zero attached hydrogens (tertiary/aromatic N) is 4. The van der Waals surface area contributed by atoms with Crippen molar-refractivity contribution in [1.29, 1.82) is 0 Å². The number of nitrogens with two attached hydrogens (primary N) is 2. The Morgan fingerprint density at radius 1 is 1.03 bits per heavy atom. The van der Waals surface area contributed by atoms with Crippen molar-refractivity contribution >= 4 is 29.6 Å². The second-order valence-corrected chi connectivity index (χ2v) is 8.46. The fourth-order valence-corrected chi connectivity index (χ4v) is 4.00. The van der Waals surface area contributed by atoms with Crippen LogP contribution in [0.3, 0.4) is 0 Å². The third-order valence-electron chi connectivity index (χ3n) is 5.85. The van der Waals surface area contributed by atoms with Gasteiger partial charge in [0.25, 0.3) is 0 Å². The van der Waals surface area contributed by atoms with E-state index in [1.54, 1.807) is 36.7 Å². The molecule has 11 heteroatoms. The van der Waals surface area contributed by atoms with Gasteiger partial charge in [-0.05, 0) is 54.3 Å². The van der Waals surface area contributed by atoms with Crippen molar-refractivity contribution in [1.82, 2.24) is 15.3 Å². The first-order valence-electron chi connectivity index (χ1n) is 11.5. The summed E-state index contributed by atoms with van der Waals surface area (Å²) in [7, 11) is 0. The summed E-state index contributed by atoms with van der Waals surface area (Å²) >= 11 is 0. The summed E-state index contributed by atoms with van der Waals surface area (Å²) in [6.07, 6.45) is 5.43. The number of hydrogen-bond donors (Lipinski definition) is 5. The first kappa shape index (κ1) is 24.5. The molecule has 186 valence electrons. The van der Waals surface area contributed by atoms with E-state index < -0.39 is 12.0 Å². The van der Waals surface area contributed by atoms with Gasteiger partial charge < -0.3 is 32.1 Å². The molecule has 1 saturated heterocycles. The SMILES string of the molecule is NC(N)=NC(=O)NCc1cccc(-c2cnc(N3CCC(Nc4ccc(C(=O)O)cc4)CC3)nc2)c1. The predicted molar refractivity (Wildman–Crippen MR) is 138 cm³/mol. The van der Waals surface area contributed by atoms with Gasteiger partial charge in [-0.15, -0.1) is 0 Å². The van der Waals surface area contributed by atoms with Crippen LogP contribution < -0.4 is 27.0 Å². The maximum absolute atomic E-state index is 11.6. The lowest BCUT2D eigenvalue weighted by atomic mass is 10.0. The van der Waals surface area contributed by atoms with E-state index in [1.807, 2.05) is 24.3 Å². The molecule has 0 aliphatic carbocycles. The smallest absolute Gasteiger partial charge is 0.344 e. The molecule has 3 aromatic rings. The van der Waals surface area contributed by atoms with Crippen molar-refractivity contribution in [2.45, 2.75) is 25.4 Å². The third-order valence-corrected chi connectivity index (χ3v) is 5.85. The average Bonchev–Trinajstić information content (AvgIpc) is 2.88. The Morgan fingerprint density at radius 2 is 1.72 bits per heavy atom. The number of carbonyl (C=O) groups is 2. The van der Waals surface area contributed by atoms with Gasteiger partial charge in [-0.2, -0.15) is 4.99 Å². The minimum absolute atomic E-state index is 0.275. The molecule has 1 fully saturated rings. The maximum atomic E-state index is 11.6. The molecule has 11 nitrogen and oxygen atoms in total. The molecule has 0 spiro atoms. The molecule has 0 radical (unpaired) electrons. The van der Waals surface area contributed by atoms with Gasteiger partial charge in [0.1, 0.15) is 0 Å². The van der Waals surface area contributed by atoms with Crippen molar-refractivity contribution in [2.75, 3.05) is 23.3 Å². The highest BCUT2D eigenvalue weighted by molar-refractivity contribution is 5.90. The molecule has 0 bridgehead atoms. The van der Waals surface area contributed by atoms with Crippen LogP contribution in [-0.2, 0) is 6.54 Å². The number of guanidine groups is 1. The molecule has 2 amide bonds. The molecule has 1 aliphatic heterocycles. The number of aliphatic imine (C=N–C) groups is 1. The molecular formula is C25H28N8O3. The van der Waals surface area contributed by atoms with E-state index in [9.17, 15) is 9.59 Å². The highest BCUT2D eigenvalue weighted by atomic mass is 16.4. The van der Waals surface area contributed by atoms with Gasteiger partial charge in [0.2, 0.25) is 5.95 Å². The van der Waals surface area contributed by atoms with Crippen LogP contribution in [0.15, 0.2) is 65.9 Å². The largest absolute Gasteiger partial charge is 0.478 e. The number of carboxylic acid groups (broad SMARTS) is 1. The minimum Gasteiger partial charge on any atom is -0.478 e. The number of carboxylic acids is 1. The number of benzene rings is 2. The fraction of sp³-hybridized carbons (Fsp3) is 0.240. The molecule has 7 N–H and O–H groups in total. The molecule has 1 aromatic heterocycles. The Hall–Kier alpha value is -4.67.